The van der Waals surface area contributed by atoms with Gasteiger partial charge in [-0.25, -0.2) is 9.59 Å². The Bertz CT molecular complexity index is 396. The lowest BCUT2D eigenvalue weighted by atomic mass is 10.2. The van der Waals surface area contributed by atoms with Crippen LogP contribution >= 0.6 is 11.8 Å². The summed E-state index contributed by atoms with van der Waals surface area (Å²) in [6.45, 7) is 0.123. The minimum atomic E-state index is -1.07. The maximum atomic E-state index is 11.4. The number of carboxylic acids is 1. The smallest absolute Gasteiger partial charge is 0.408 e. The topological polar surface area (TPSA) is 75.6 Å². The molecule has 1 rings (SSSR count). The van der Waals surface area contributed by atoms with Gasteiger partial charge in [-0.3, -0.25) is 0 Å². The van der Waals surface area contributed by atoms with Crippen molar-refractivity contribution in [2.45, 2.75) is 12.6 Å². The summed E-state index contributed by atoms with van der Waals surface area (Å²) in [6, 6.07) is 8.26. The molecule has 0 aliphatic carbocycles. The van der Waals surface area contributed by atoms with Gasteiger partial charge in [0.25, 0.3) is 0 Å². The quantitative estimate of drug-likeness (QED) is 0.822. The van der Waals surface area contributed by atoms with Crippen LogP contribution in [0, 0.1) is 0 Å². The lowest BCUT2D eigenvalue weighted by molar-refractivity contribution is -0.138. The van der Waals surface area contributed by atoms with E-state index >= 15 is 0 Å². The van der Waals surface area contributed by atoms with E-state index in [0.29, 0.717) is 5.75 Å². The molecule has 0 aromatic heterocycles. The molecule has 98 valence electrons. The average Bonchev–Trinajstić information content (AvgIpc) is 2.37. The molecule has 0 aliphatic heterocycles. The number of hydrogen-bond acceptors (Lipinski definition) is 4. The molecular weight excluding hydrogens is 254 g/mol. The molecular formula is C12H15NO4S. The van der Waals surface area contributed by atoms with Gasteiger partial charge in [0.1, 0.15) is 12.6 Å². The molecule has 0 saturated heterocycles. The van der Waals surface area contributed by atoms with E-state index in [-0.39, 0.29) is 6.61 Å². The molecule has 6 heteroatoms. The van der Waals surface area contributed by atoms with Crippen LogP contribution in [0.3, 0.4) is 0 Å². The molecule has 0 radical (unpaired) electrons. The zero-order valence-corrected chi connectivity index (χ0v) is 10.8. The van der Waals surface area contributed by atoms with Crippen molar-refractivity contribution in [1.29, 1.82) is 0 Å². The Morgan fingerprint density at radius 3 is 2.61 bits per heavy atom. The number of amides is 1. The summed E-state index contributed by atoms with van der Waals surface area (Å²) in [4.78, 5) is 22.2. The third-order valence-electron chi connectivity index (χ3n) is 2.14. The van der Waals surface area contributed by atoms with Gasteiger partial charge in [0.2, 0.25) is 0 Å². The van der Waals surface area contributed by atoms with Crippen LogP contribution in [0.15, 0.2) is 30.3 Å². The van der Waals surface area contributed by atoms with E-state index in [1.54, 1.807) is 6.26 Å². The van der Waals surface area contributed by atoms with Crippen molar-refractivity contribution in [2.75, 3.05) is 12.0 Å². The predicted octanol–water partition coefficient (Wildman–Crippen LogP) is 1.73. The highest BCUT2D eigenvalue weighted by Crippen LogP contribution is 2.02. The van der Waals surface area contributed by atoms with Crippen molar-refractivity contribution in [1.82, 2.24) is 5.32 Å². The van der Waals surface area contributed by atoms with Crippen LogP contribution in [-0.2, 0) is 16.1 Å². The maximum Gasteiger partial charge on any atom is 0.408 e. The standard InChI is InChI=1S/C12H15NO4S/c1-18-8-10(11(14)15)13-12(16)17-7-9-5-3-2-4-6-9/h2-6,10H,7-8H2,1H3,(H,13,16)(H,14,15). The van der Waals surface area contributed by atoms with Crippen molar-refractivity contribution in [3.63, 3.8) is 0 Å². The van der Waals surface area contributed by atoms with Gasteiger partial charge in [-0.1, -0.05) is 30.3 Å². The second-order valence-corrected chi connectivity index (χ2v) is 4.46. The third-order valence-corrected chi connectivity index (χ3v) is 2.80. The summed E-state index contributed by atoms with van der Waals surface area (Å²) < 4.78 is 4.93. The Kier molecular flexibility index (Phi) is 6.07. The first-order valence-electron chi connectivity index (χ1n) is 5.32. The van der Waals surface area contributed by atoms with Gasteiger partial charge in [0.05, 0.1) is 0 Å². The number of rotatable bonds is 6. The summed E-state index contributed by atoms with van der Waals surface area (Å²) in [6.07, 6.45) is 1.05. The summed E-state index contributed by atoms with van der Waals surface area (Å²) in [5.41, 5.74) is 0.851. The summed E-state index contributed by atoms with van der Waals surface area (Å²) in [7, 11) is 0. The molecule has 1 aromatic carbocycles. The first kappa shape index (κ1) is 14.4. The van der Waals surface area contributed by atoms with Crippen molar-refractivity contribution in [3.05, 3.63) is 35.9 Å². The van der Waals surface area contributed by atoms with Gasteiger partial charge in [0.15, 0.2) is 0 Å². The molecule has 0 aliphatic rings. The van der Waals surface area contributed by atoms with Crippen molar-refractivity contribution in [2.24, 2.45) is 0 Å². The molecule has 0 saturated carbocycles. The number of thioether (sulfide) groups is 1. The molecule has 18 heavy (non-hydrogen) atoms. The second-order valence-electron chi connectivity index (χ2n) is 3.55. The lowest BCUT2D eigenvalue weighted by Crippen LogP contribution is -2.42. The first-order valence-corrected chi connectivity index (χ1v) is 6.72. The minimum absolute atomic E-state index is 0.123. The molecule has 0 spiro atoms. The van der Waals surface area contributed by atoms with E-state index in [9.17, 15) is 9.59 Å². The van der Waals surface area contributed by atoms with Gasteiger partial charge < -0.3 is 15.2 Å². The number of alkyl carbamates (subject to hydrolysis) is 1. The number of carbonyl (C=O) groups is 2. The number of aliphatic carboxylic acids is 1. The zero-order chi connectivity index (χ0) is 13.4. The third kappa shape index (κ3) is 5.09. The summed E-state index contributed by atoms with van der Waals surface area (Å²) >= 11 is 1.34. The number of nitrogens with one attached hydrogen (secondary N) is 1. The molecule has 1 unspecified atom stereocenters. The van der Waals surface area contributed by atoms with Crippen LogP contribution < -0.4 is 5.32 Å². The van der Waals surface area contributed by atoms with E-state index < -0.39 is 18.1 Å². The maximum absolute atomic E-state index is 11.4. The summed E-state index contributed by atoms with van der Waals surface area (Å²) in [5.74, 6) is -0.767. The van der Waals surface area contributed by atoms with Crippen LogP contribution in [0.4, 0.5) is 4.79 Å². The molecule has 5 nitrogen and oxygen atoms in total. The highest BCUT2D eigenvalue weighted by atomic mass is 32.2. The fourth-order valence-electron chi connectivity index (χ4n) is 1.25. The average molecular weight is 269 g/mol. The number of hydrogen-bond donors (Lipinski definition) is 2. The molecule has 2 N–H and O–H groups in total. The van der Waals surface area contributed by atoms with Crippen molar-refractivity contribution >= 4 is 23.8 Å². The molecule has 1 atom stereocenters. The van der Waals surface area contributed by atoms with E-state index in [0.717, 1.165) is 5.56 Å². The fourth-order valence-corrected chi connectivity index (χ4v) is 1.81. The van der Waals surface area contributed by atoms with Gasteiger partial charge in [-0.2, -0.15) is 11.8 Å². The van der Waals surface area contributed by atoms with E-state index in [4.69, 9.17) is 9.84 Å². The fraction of sp³-hybridized carbons (Fsp3) is 0.333. The van der Waals surface area contributed by atoms with Crippen molar-refractivity contribution in [3.8, 4) is 0 Å². The minimum Gasteiger partial charge on any atom is -0.480 e. The molecule has 1 amide bonds. The van der Waals surface area contributed by atoms with Gasteiger partial charge in [-0.15, -0.1) is 0 Å². The Balaban J connectivity index is 2.39. The van der Waals surface area contributed by atoms with Gasteiger partial charge in [-0.05, 0) is 11.8 Å². The van der Waals surface area contributed by atoms with Gasteiger partial charge >= 0.3 is 12.1 Å². The second kappa shape index (κ2) is 7.60. The lowest BCUT2D eigenvalue weighted by Gasteiger charge is -2.13. The van der Waals surface area contributed by atoms with Crippen LogP contribution in [0.1, 0.15) is 5.56 Å². The highest BCUT2D eigenvalue weighted by molar-refractivity contribution is 7.98. The van der Waals surface area contributed by atoms with E-state index in [2.05, 4.69) is 5.32 Å². The van der Waals surface area contributed by atoms with Crippen LogP contribution in [0.25, 0.3) is 0 Å². The Hall–Kier alpha value is -1.69. The largest absolute Gasteiger partial charge is 0.480 e. The molecule has 0 fully saturated rings. The highest BCUT2D eigenvalue weighted by Gasteiger charge is 2.19. The Morgan fingerprint density at radius 1 is 1.39 bits per heavy atom. The first-order chi connectivity index (χ1) is 8.63. The van der Waals surface area contributed by atoms with Crippen molar-refractivity contribution < 1.29 is 19.4 Å². The van der Waals surface area contributed by atoms with Crippen LogP contribution in [-0.4, -0.2) is 35.2 Å². The number of carbonyl (C=O) groups excluding carboxylic acids is 1. The monoisotopic (exact) mass is 269 g/mol. The number of carboxylic acid groups (broad SMARTS) is 1. The predicted molar refractivity (Wildman–Crippen MR) is 69.6 cm³/mol. The van der Waals surface area contributed by atoms with E-state index in [1.807, 2.05) is 30.3 Å². The zero-order valence-electron chi connectivity index (χ0n) is 9.96. The van der Waals surface area contributed by atoms with Crippen LogP contribution in [0.2, 0.25) is 0 Å². The normalized spacial score (nSPS) is 11.6. The number of benzene rings is 1. The SMILES string of the molecule is CSCC(NC(=O)OCc1ccccc1)C(=O)O. The molecule has 1 aromatic rings. The number of ether oxygens (including phenoxy) is 1. The Morgan fingerprint density at radius 2 is 2.06 bits per heavy atom. The summed E-state index contributed by atoms with van der Waals surface area (Å²) in [5, 5.41) is 11.2. The van der Waals surface area contributed by atoms with E-state index in [1.165, 1.54) is 11.8 Å². The molecule has 0 heterocycles. The van der Waals surface area contributed by atoms with Crippen LogP contribution in [0.5, 0.6) is 0 Å². The Labute approximate surface area is 110 Å². The molecule has 0 bridgehead atoms. The van der Waals surface area contributed by atoms with Gasteiger partial charge in [0, 0.05) is 5.75 Å².